The largest absolute Gasteiger partial charge is 0.472 e. The second kappa shape index (κ2) is 9.34. The lowest BCUT2D eigenvalue weighted by Gasteiger charge is -2.38. The topological polar surface area (TPSA) is 86.1 Å². The first-order valence-electron chi connectivity index (χ1n) is 10.7. The molecule has 1 atom stereocenters. The van der Waals surface area contributed by atoms with Gasteiger partial charge in [0.25, 0.3) is 0 Å². The number of piperazine rings is 2. The van der Waals surface area contributed by atoms with Crippen LogP contribution in [0.3, 0.4) is 0 Å². The molecule has 1 aromatic heterocycles. The maximum Gasteiger partial charge on any atom is 0.237 e. The Kier molecular flexibility index (Phi) is 6.36. The third-order valence-electron chi connectivity index (χ3n) is 6.05. The number of rotatable bonds is 6. The number of benzene rings is 1. The highest BCUT2D eigenvalue weighted by Gasteiger charge is 2.33. The number of anilines is 1. The van der Waals surface area contributed by atoms with E-state index in [9.17, 15) is 14.4 Å². The summed E-state index contributed by atoms with van der Waals surface area (Å²) in [5.41, 5.74) is 2.75. The number of hydrogen-bond acceptors (Lipinski definition) is 6. The lowest BCUT2D eigenvalue weighted by molar-refractivity contribution is -0.139. The van der Waals surface area contributed by atoms with E-state index in [0.717, 1.165) is 24.3 Å². The van der Waals surface area contributed by atoms with Crippen molar-refractivity contribution in [2.75, 3.05) is 44.2 Å². The van der Waals surface area contributed by atoms with Gasteiger partial charge in [-0.25, -0.2) is 0 Å². The summed E-state index contributed by atoms with van der Waals surface area (Å²) in [4.78, 5) is 43.0. The van der Waals surface area contributed by atoms with Crippen LogP contribution in [0.4, 0.5) is 5.69 Å². The molecule has 1 aromatic carbocycles. The van der Waals surface area contributed by atoms with Gasteiger partial charge in [-0.15, -0.1) is 0 Å². The molecule has 0 saturated carbocycles. The van der Waals surface area contributed by atoms with E-state index in [1.165, 1.54) is 0 Å². The fourth-order valence-electron chi connectivity index (χ4n) is 4.21. The van der Waals surface area contributed by atoms with Crippen LogP contribution in [0.5, 0.6) is 0 Å². The van der Waals surface area contributed by atoms with Crippen molar-refractivity contribution in [3.8, 4) is 0 Å². The number of hydrogen-bond donors (Lipinski definition) is 1. The van der Waals surface area contributed by atoms with Crippen LogP contribution >= 0.6 is 0 Å². The van der Waals surface area contributed by atoms with Crippen molar-refractivity contribution in [2.24, 2.45) is 0 Å². The first kappa shape index (κ1) is 21.1. The summed E-state index contributed by atoms with van der Waals surface area (Å²) in [6.45, 7) is 6.11. The molecule has 0 spiro atoms. The van der Waals surface area contributed by atoms with E-state index in [4.69, 9.17) is 4.42 Å². The molecule has 8 heteroatoms. The predicted octanol–water partition coefficient (Wildman–Crippen LogP) is 1.52. The highest BCUT2D eigenvalue weighted by atomic mass is 16.3. The Labute approximate surface area is 181 Å². The van der Waals surface area contributed by atoms with Crippen LogP contribution in [0.2, 0.25) is 0 Å². The molecule has 1 N–H and O–H groups in total. The quantitative estimate of drug-likeness (QED) is 0.708. The monoisotopic (exact) mass is 424 g/mol. The lowest BCUT2D eigenvalue weighted by atomic mass is 10.1. The van der Waals surface area contributed by atoms with Crippen LogP contribution in [0, 0.1) is 0 Å². The number of nitrogens with one attached hydrogen (secondary N) is 1. The molecule has 2 saturated heterocycles. The SMILES string of the molecule is CC(=O)c1ccc(N2CCN(C(=O)C[C@@H]3C(=O)NCCN3Cc3ccoc3)CC2)cc1. The molecule has 0 aliphatic carbocycles. The van der Waals surface area contributed by atoms with Gasteiger partial charge in [0.2, 0.25) is 11.8 Å². The van der Waals surface area contributed by atoms with E-state index >= 15 is 0 Å². The lowest BCUT2D eigenvalue weighted by Crippen LogP contribution is -2.57. The molecule has 0 bridgehead atoms. The first-order valence-corrected chi connectivity index (χ1v) is 10.7. The van der Waals surface area contributed by atoms with Crippen molar-refractivity contribution < 1.29 is 18.8 Å². The first-order chi connectivity index (χ1) is 15.0. The van der Waals surface area contributed by atoms with E-state index in [1.54, 1.807) is 19.5 Å². The molecule has 0 unspecified atom stereocenters. The van der Waals surface area contributed by atoms with E-state index in [1.807, 2.05) is 35.2 Å². The van der Waals surface area contributed by atoms with Gasteiger partial charge < -0.3 is 19.5 Å². The smallest absolute Gasteiger partial charge is 0.237 e. The fourth-order valence-corrected chi connectivity index (χ4v) is 4.21. The third kappa shape index (κ3) is 4.96. The van der Waals surface area contributed by atoms with Gasteiger partial charge in [-0.05, 0) is 37.3 Å². The van der Waals surface area contributed by atoms with Gasteiger partial charge >= 0.3 is 0 Å². The number of carbonyl (C=O) groups excluding carboxylic acids is 3. The Morgan fingerprint density at radius 2 is 1.81 bits per heavy atom. The van der Waals surface area contributed by atoms with Gasteiger partial charge in [0.1, 0.15) is 0 Å². The maximum atomic E-state index is 13.0. The molecule has 2 amide bonds. The van der Waals surface area contributed by atoms with Gasteiger partial charge in [-0.1, -0.05) is 0 Å². The van der Waals surface area contributed by atoms with E-state index in [-0.39, 0.29) is 24.0 Å². The number of nitrogens with zero attached hydrogens (tertiary/aromatic N) is 3. The third-order valence-corrected chi connectivity index (χ3v) is 6.05. The molecule has 31 heavy (non-hydrogen) atoms. The normalized spacial score (nSPS) is 19.9. The summed E-state index contributed by atoms with van der Waals surface area (Å²) < 4.78 is 5.14. The zero-order valence-electron chi connectivity index (χ0n) is 17.8. The molecule has 4 rings (SSSR count). The number of ketones is 1. The van der Waals surface area contributed by atoms with Crippen molar-refractivity contribution in [2.45, 2.75) is 25.9 Å². The Balaban J connectivity index is 1.33. The van der Waals surface area contributed by atoms with Crippen molar-refractivity contribution in [1.29, 1.82) is 0 Å². The predicted molar refractivity (Wildman–Crippen MR) is 116 cm³/mol. The standard InChI is InChI=1S/C23H28N4O4/c1-17(28)19-2-4-20(5-3-19)25-9-11-26(12-10-25)22(29)14-21-23(30)24-7-8-27(21)15-18-6-13-31-16-18/h2-6,13,16,21H,7-12,14-15H2,1H3,(H,24,30)/t21-/m1/s1. The van der Waals surface area contributed by atoms with Gasteiger partial charge in [-0.3, -0.25) is 19.3 Å². The summed E-state index contributed by atoms with van der Waals surface area (Å²) in [7, 11) is 0. The summed E-state index contributed by atoms with van der Waals surface area (Å²) in [5.74, 6) is -0.0337. The summed E-state index contributed by atoms with van der Waals surface area (Å²) in [6, 6.07) is 9.00. The average Bonchev–Trinajstić information content (AvgIpc) is 3.29. The van der Waals surface area contributed by atoms with Crippen LogP contribution in [-0.2, 0) is 16.1 Å². The molecular weight excluding hydrogens is 396 g/mol. The number of carbonyl (C=O) groups is 3. The van der Waals surface area contributed by atoms with Crippen LogP contribution in [0.1, 0.15) is 29.3 Å². The molecule has 2 fully saturated rings. The molecule has 0 radical (unpaired) electrons. The summed E-state index contributed by atoms with van der Waals surface area (Å²) >= 11 is 0. The second-order valence-electron chi connectivity index (χ2n) is 8.08. The van der Waals surface area contributed by atoms with Crippen LogP contribution in [0.15, 0.2) is 47.3 Å². The Morgan fingerprint density at radius 3 is 2.45 bits per heavy atom. The van der Waals surface area contributed by atoms with E-state index in [0.29, 0.717) is 38.3 Å². The van der Waals surface area contributed by atoms with Crippen molar-refractivity contribution in [3.05, 3.63) is 54.0 Å². The van der Waals surface area contributed by atoms with Gasteiger partial charge in [0, 0.05) is 62.6 Å². The van der Waals surface area contributed by atoms with Gasteiger partial charge in [0.15, 0.2) is 5.78 Å². The van der Waals surface area contributed by atoms with Crippen LogP contribution < -0.4 is 10.2 Å². The average molecular weight is 425 g/mol. The maximum absolute atomic E-state index is 13.0. The molecule has 164 valence electrons. The molecule has 2 aliphatic heterocycles. The van der Waals surface area contributed by atoms with E-state index in [2.05, 4.69) is 15.1 Å². The number of furan rings is 1. The fraction of sp³-hybridized carbons (Fsp3) is 0.435. The van der Waals surface area contributed by atoms with Crippen LogP contribution in [0.25, 0.3) is 0 Å². The second-order valence-corrected chi connectivity index (χ2v) is 8.08. The van der Waals surface area contributed by atoms with Gasteiger partial charge in [0.05, 0.1) is 25.0 Å². The highest BCUT2D eigenvalue weighted by Crippen LogP contribution is 2.20. The van der Waals surface area contributed by atoms with Crippen molar-refractivity contribution >= 4 is 23.3 Å². The Hall–Kier alpha value is -3.13. The molecule has 8 nitrogen and oxygen atoms in total. The summed E-state index contributed by atoms with van der Waals surface area (Å²) in [5, 5.41) is 2.88. The molecule has 2 aliphatic rings. The minimum Gasteiger partial charge on any atom is -0.472 e. The van der Waals surface area contributed by atoms with Gasteiger partial charge in [-0.2, -0.15) is 0 Å². The minimum absolute atomic E-state index is 0.00539. The number of amides is 2. The number of Topliss-reactive ketones (excluding diaryl/α,β-unsaturated/α-hetero) is 1. The minimum atomic E-state index is -0.465. The van der Waals surface area contributed by atoms with Crippen molar-refractivity contribution in [1.82, 2.24) is 15.1 Å². The molecular formula is C23H28N4O4. The Bertz CT molecular complexity index is 918. The highest BCUT2D eigenvalue weighted by molar-refractivity contribution is 5.94. The summed E-state index contributed by atoms with van der Waals surface area (Å²) in [6.07, 6.45) is 3.47. The Morgan fingerprint density at radius 1 is 1.06 bits per heavy atom. The van der Waals surface area contributed by atoms with E-state index < -0.39 is 6.04 Å². The van der Waals surface area contributed by atoms with Crippen LogP contribution in [-0.4, -0.2) is 72.7 Å². The zero-order valence-corrected chi connectivity index (χ0v) is 17.8. The zero-order chi connectivity index (χ0) is 21.8. The molecule has 3 heterocycles. The van der Waals surface area contributed by atoms with Crippen molar-refractivity contribution in [3.63, 3.8) is 0 Å². The molecule has 2 aromatic rings.